The number of nitrogens with zero attached hydrogens (tertiary/aromatic N) is 1. The Morgan fingerprint density at radius 3 is 2.53 bits per heavy atom. The molecule has 2 aliphatic rings. The number of rotatable bonds is 6. The molecule has 0 radical (unpaired) electrons. The van der Waals surface area contributed by atoms with Gasteiger partial charge in [0.25, 0.3) is 0 Å². The van der Waals surface area contributed by atoms with Gasteiger partial charge in [0.2, 0.25) is 0 Å². The number of hydrogen-bond donors (Lipinski definition) is 1. The molecule has 1 N–H and O–H groups in total. The van der Waals surface area contributed by atoms with Crippen molar-refractivity contribution in [2.24, 2.45) is 5.92 Å². The fourth-order valence-electron chi connectivity index (χ4n) is 3.81. The second-order valence-corrected chi connectivity index (χ2v) is 6.06. The van der Waals surface area contributed by atoms with Gasteiger partial charge < -0.3 is 10.2 Å². The lowest BCUT2D eigenvalue weighted by Gasteiger charge is -2.27. The third kappa shape index (κ3) is 3.69. The SMILES string of the molecule is CCNC1CCCC1CCN(C)C1CCCC1. The van der Waals surface area contributed by atoms with Crippen molar-refractivity contribution < 1.29 is 0 Å². The Morgan fingerprint density at radius 1 is 1.06 bits per heavy atom. The maximum absolute atomic E-state index is 3.67. The average Bonchev–Trinajstić information content (AvgIpc) is 2.97. The largest absolute Gasteiger partial charge is 0.314 e. The lowest BCUT2D eigenvalue weighted by Crippen LogP contribution is -2.36. The molecule has 2 fully saturated rings. The van der Waals surface area contributed by atoms with Crippen LogP contribution >= 0.6 is 0 Å². The Balaban J connectivity index is 1.69. The molecule has 0 aromatic carbocycles. The van der Waals surface area contributed by atoms with Gasteiger partial charge in [-0.05, 0) is 58.2 Å². The predicted molar refractivity (Wildman–Crippen MR) is 74.3 cm³/mol. The van der Waals surface area contributed by atoms with E-state index in [0.29, 0.717) is 0 Å². The van der Waals surface area contributed by atoms with Gasteiger partial charge in [-0.2, -0.15) is 0 Å². The van der Waals surface area contributed by atoms with Gasteiger partial charge in [0.15, 0.2) is 0 Å². The molecule has 2 heteroatoms. The van der Waals surface area contributed by atoms with E-state index in [1.807, 2.05) is 0 Å². The van der Waals surface area contributed by atoms with Gasteiger partial charge in [0, 0.05) is 12.1 Å². The van der Waals surface area contributed by atoms with Gasteiger partial charge in [-0.25, -0.2) is 0 Å². The van der Waals surface area contributed by atoms with E-state index in [0.717, 1.165) is 24.5 Å². The predicted octanol–water partition coefficient (Wildman–Crippen LogP) is 3.03. The van der Waals surface area contributed by atoms with Crippen LogP contribution in [0.15, 0.2) is 0 Å². The fourth-order valence-corrected chi connectivity index (χ4v) is 3.81. The lowest BCUT2D eigenvalue weighted by molar-refractivity contribution is 0.219. The highest BCUT2D eigenvalue weighted by Crippen LogP contribution is 2.29. The highest BCUT2D eigenvalue weighted by atomic mass is 15.1. The van der Waals surface area contributed by atoms with Crippen molar-refractivity contribution in [2.45, 2.75) is 70.4 Å². The number of nitrogens with one attached hydrogen (secondary N) is 1. The Morgan fingerprint density at radius 2 is 1.82 bits per heavy atom. The van der Waals surface area contributed by atoms with Gasteiger partial charge in [-0.1, -0.05) is 26.2 Å². The zero-order valence-corrected chi connectivity index (χ0v) is 11.8. The normalized spacial score (nSPS) is 30.5. The first-order chi connectivity index (χ1) is 8.31. The molecule has 0 amide bonds. The van der Waals surface area contributed by atoms with Gasteiger partial charge >= 0.3 is 0 Å². The zero-order valence-electron chi connectivity index (χ0n) is 11.8. The molecule has 2 nitrogen and oxygen atoms in total. The van der Waals surface area contributed by atoms with Crippen LogP contribution in [-0.2, 0) is 0 Å². The van der Waals surface area contributed by atoms with Gasteiger partial charge in [0.1, 0.15) is 0 Å². The van der Waals surface area contributed by atoms with Gasteiger partial charge in [0.05, 0.1) is 0 Å². The van der Waals surface area contributed by atoms with Crippen LogP contribution in [0.25, 0.3) is 0 Å². The Kier molecular flexibility index (Phi) is 5.30. The lowest BCUT2D eigenvalue weighted by atomic mass is 9.99. The van der Waals surface area contributed by atoms with E-state index in [-0.39, 0.29) is 0 Å². The quantitative estimate of drug-likeness (QED) is 0.765. The summed E-state index contributed by atoms with van der Waals surface area (Å²) in [5, 5.41) is 3.67. The molecule has 2 unspecified atom stereocenters. The maximum Gasteiger partial charge on any atom is 0.00956 e. The Labute approximate surface area is 107 Å². The Hall–Kier alpha value is -0.0800. The van der Waals surface area contributed by atoms with Crippen molar-refractivity contribution in [1.82, 2.24) is 10.2 Å². The Bertz CT molecular complexity index is 211. The summed E-state index contributed by atoms with van der Waals surface area (Å²) in [7, 11) is 2.34. The molecule has 0 bridgehead atoms. The summed E-state index contributed by atoms with van der Waals surface area (Å²) in [5.41, 5.74) is 0. The minimum atomic E-state index is 0.817. The molecule has 100 valence electrons. The van der Waals surface area contributed by atoms with Crippen molar-refractivity contribution in [3.63, 3.8) is 0 Å². The fraction of sp³-hybridized carbons (Fsp3) is 1.00. The number of hydrogen-bond acceptors (Lipinski definition) is 2. The van der Waals surface area contributed by atoms with Crippen LogP contribution in [-0.4, -0.2) is 37.1 Å². The van der Waals surface area contributed by atoms with Crippen molar-refractivity contribution in [3.8, 4) is 0 Å². The van der Waals surface area contributed by atoms with Crippen LogP contribution in [0.5, 0.6) is 0 Å². The molecule has 0 aromatic rings. The van der Waals surface area contributed by atoms with Crippen molar-refractivity contribution in [3.05, 3.63) is 0 Å². The first-order valence-electron chi connectivity index (χ1n) is 7.75. The van der Waals surface area contributed by atoms with Crippen LogP contribution in [0.2, 0.25) is 0 Å². The monoisotopic (exact) mass is 238 g/mol. The van der Waals surface area contributed by atoms with E-state index in [9.17, 15) is 0 Å². The molecular weight excluding hydrogens is 208 g/mol. The standard InChI is InChI=1S/C15H30N2/c1-3-16-15-10-6-7-13(15)11-12-17(2)14-8-4-5-9-14/h13-16H,3-12H2,1-2H3. The van der Waals surface area contributed by atoms with Crippen LogP contribution in [0.1, 0.15) is 58.3 Å². The molecule has 0 aliphatic heterocycles. The highest BCUT2D eigenvalue weighted by Gasteiger charge is 2.27. The molecule has 0 heterocycles. The summed E-state index contributed by atoms with van der Waals surface area (Å²) >= 11 is 0. The molecule has 0 aromatic heterocycles. The van der Waals surface area contributed by atoms with E-state index in [2.05, 4.69) is 24.2 Å². The summed E-state index contributed by atoms with van der Waals surface area (Å²) < 4.78 is 0. The highest BCUT2D eigenvalue weighted by molar-refractivity contribution is 4.84. The third-order valence-electron chi connectivity index (χ3n) is 4.93. The van der Waals surface area contributed by atoms with E-state index in [1.165, 1.54) is 57.9 Å². The van der Waals surface area contributed by atoms with Crippen LogP contribution < -0.4 is 5.32 Å². The van der Waals surface area contributed by atoms with Crippen LogP contribution in [0.4, 0.5) is 0 Å². The smallest absolute Gasteiger partial charge is 0.00956 e. The van der Waals surface area contributed by atoms with Crippen molar-refractivity contribution in [1.29, 1.82) is 0 Å². The molecule has 2 rings (SSSR count). The van der Waals surface area contributed by atoms with Crippen LogP contribution in [0, 0.1) is 5.92 Å². The molecule has 2 atom stereocenters. The summed E-state index contributed by atoms with van der Waals surface area (Å²) in [6.45, 7) is 4.69. The van der Waals surface area contributed by atoms with Crippen LogP contribution in [0.3, 0.4) is 0 Å². The molecule has 0 spiro atoms. The molecular formula is C15H30N2. The van der Waals surface area contributed by atoms with Crippen molar-refractivity contribution in [2.75, 3.05) is 20.1 Å². The summed E-state index contributed by atoms with van der Waals surface area (Å²) in [5.74, 6) is 0.943. The average molecular weight is 238 g/mol. The minimum absolute atomic E-state index is 0.817. The second kappa shape index (κ2) is 6.75. The summed E-state index contributed by atoms with van der Waals surface area (Å²) in [6.07, 6.45) is 11.5. The van der Waals surface area contributed by atoms with E-state index < -0.39 is 0 Å². The molecule has 2 aliphatic carbocycles. The zero-order chi connectivity index (χ0) is 12.1. The van der Waals surface area contributed by atoms with Gasteiger partial charge in [-0.15, -0.1) is 0 Å². The van der Waals surface area contributed by atoms with E-state index in [1.54, 1.807) is 0 Å². The van der Waals surface area contributed by atoms with Crippen molar-refractivity contribution >= 4 is 0 Å². The topological polar surface area (TPSA) is 15.3 Å². The molecule has 2 saturated carbocycles. The molecule has 17 heavy (non-hydrogen) atoms. The molecule has 0 saturated heterocycles. The second-order valence-electron chi connectivity index (χ2n) is 6.06. The third-order valence-corrected chi connectivity index (χ3v) is 4.93. The van der Waals surface area contributed by atoms with E-state index in [4.69, 9.17) is 0 Å². The first-order valence-corrected chi connectivity index (χ1v) is 7.75. The summed E-state index contributed by atoms with van der Waals surface area (Å²) in [6, 6.07) is 1.71. The first kappa shape index (κ1) is 13.4. The minimum Gasteiger partial charge on any atom is -0.314 e. The van der Waals surface area contributed by atoms with Gasteiger partial charge in [-0.3, -0.25) is 0 Å². The van der Waals surface area contributed by atoms with E-state index >= 15 is 0 Å². The summed E-state index contributed by atoms with van der Waals surface area (Å²) in [4.78, 5) is 2.63. The maximum atomic E-state index is 3.67.